The smallest absolute Gasteiger partial charge is 0.410 e. The Morgan fingerprint density at radius 1 is 0.952 bits per heavy atom. The molecule has 0 aliphatic carbocycles. The predicted molar refractivity (Wildman–Crippen MR) is 80.1 cm³/mol. The Morgan fingerprint density at radius 2 is 1.52 bits per heavy atom. The summed E-state index contributed by atoms with van der Waals surface area (Å²) in [4.78, 5) is 24.9. The molecule has 0 N–H and O–H groups in total. The third kappa shape index (κ3) is 4.31. The van der Waals surface area contributed by atoms with E-state index in [1.165, 1.54) is 24.2 Å². The van der Waals surface area contributed by atoms with Gasteiger partial charge >= 0.3 is 6.09 Å². The van der Waals surface area contributed by atoms with E-state index in [1.807, 2.05) is 12.1 Å². The lowest BCUT2D eigenvalue weighted by Crippen LogP contribution is -2.24. The molecule has 0 aliphatic rings. The number of carbonyl (C=O) groups is 2. The molecule has 0 bridgehead atoms. The molecular formula is C17H15NO3. The van der Waals surface area contributed by atoms with Crippen LogP contribution in [0.1, 0.15) is 10.4 Å². The molecule has 0 radical (unpaired) electrons. The van der Waals surface area contributed by atoms with E-state index in [0.717, 1.165) is 0 Å². The predicted octanol–water partition coefficient (Wildman–Crippen LogP) is 3.51. The molecule has 4 heteroatoms. The van der Waals surface area contributed by atoms with Gasteiger partial charge in [-0.2, -0.15) is 0 Å². The molecule has 0 unspecified atom stereocenters. The van der Waals surface area contributed by atoms with Crippen LogP contribution in [-0.2, 0) is 0 Å². The number of para-hydroxylation sites is 1. The van der Waals surface area contributed by atoms with Crippen molar-refractivity contribution in [3.8, 4) is 5.75 Å². The maximum Gasteiger partial charge on any atom is 0.419 e. The van der Waals surface area contributed by atoms with Gasteiger partial charge in [0.05, 0.1) is 0 Å². The van der Waals surface area contributed by atoms with Gasteiger partial charge in [0.25, 0.3) is 0 Å². The summed E-state index contributed by atoms with van der Waals surface area (Å²) < 4.78 is 5.14. The summed E-state index contributed by atoms with van der Waals surface area (Å²) in [5, 5.41) is 0. The Hall–Kier alpha value is -2.88. The molecule has 2 rings (SSSR count). The summed E-state index contributed by atoms with van der Waals surface area (Å²) in [6.45, 7) is 0. The van der Waals surface area contributed by atoms with E-state index in [9.17, 15) is 9.59 Å². The van der Waals surface area contributed by atoms with Crippen molar-refractivity contribution in [2.24, 2.45) is 0 Å². The van der Waals surface area contributed by atoms with Crippen molar-refractivity contribution in [1.82, 2.24) is 4.90 Å². The second kappa shape index (κ2) is 7.05. The normalized spacial score (nSPS) is 10.3. The van der Waals surface area contributed by atoms with Gasteiger partial charge in [0.15, 0.2) is 5.78 Å². The molecule has 0 spiro atoms. The lowest BCUT2D eigenvalue weighted by Gasteiger charge is -2.11. The van der Waals surface area contributed by atoms with Gasteiger partial charge in [-0.1, -0.05) is 48.5 Å². The number of amides is 1. The van der Waals surface area contributed by atoms with Crippen molar-refractivity contribution in [2.45, 2.75) is 0 Å². The summed E-state index contributed by atoms with van der Waals surface area (Å²) in [5.41, 5.74) is 0.568. The van der Waals surface area contributed by atoms with Gasteiger partial charge in [-0.05, 0) is 12.1 Å². The van der Waals surface area contributed by atoms with Crippen LogP contribution in [0.5, 0.6) is 5.75 Å². The Kier molecular flexibility index (Phi) is 4.88. The zero-order chi connectivity index (χ0) is 15.1. The summed E-state index contributed by atoms with van der Waals surface area (Å²) in [7, 11) is 1.53. The van der Waals surface area contributed by atoms with Crippen LogP contribution in [0.25, 0.3) is 0 Å². The number of ketones is 1. The maximum atomic E-state index is 11.9. The first kappa shape index (κ1) is 14.5. The van der Waals surface area contributed by atoms with Crippen molar-refractivity contribution < 1.29 is 14.3 Å². The first-order valence-corrected chi connectivity index (χ1v) is 6.44. The molecule has 0 saturated carbocycles. The van der Waals surface area contributed by atoms with E-state index in [-0.39, 0.29) is 5.78 Å². The lowest BCUT2D eigenvalue weighted by atomic mass is 10.1. The van der Waals surface area contributed by atoms with Crippen LogP contribution in [0.4, 0.5) is 4.79 Å². The average Bonchev–Trinajstić information content (AvgIpc) is 2.54. The Morgan fingerprint density at radius 3 is 2.14 bits per heavy atom. The number of nitrogens with zero attached hydrogens (tertiary/aromatic N) is 1. The highest BCUT2D eigenvalue weighted by Crippen LogP contribution is 2.10. The van der Waals surface area contributed by atoms with Crippen LogP contribution in [-0.4, -0.2) is 23.8 Å². The number of hydrogen-bond acceptors (Lipinski definition) is 3. The van der Waals surface area contributed by atoms with Gasteiger partial charge in [0, 0.05) is 24.9 Å². The first-order chi connectivity index (χ1) is 10.2. The van der Waals surface area contributed by atoms with Crippen molar-refractivity contribution in [1.29, 1.82) is 0 Å². The third-order valence-corrected chi connectivity index (χ3v) is 2.74. The minimum absolute atomic E-state index is 0.171. The maximum absolute atomic E-state index is 11.9. The standard InChI is InChI=1S/C17H15NO3/c1-18(17(20)21-15-10-6-3-7-11-15)13-12-16(19)14-8-4-2-5-9-14/h2-13H,1H3. The van der Waals surface area contributed by atoms with Crippen molar-refractivity contribution in [3.63, 3.8) is 0 Å². The topological polar surface area (TPSA) is 46.6 Å². The van der Waals surface area contributed by atoms with Gasteiger partial charge in [0.2, 0.25) is 0 Å². The summed E-state index contributed by atoms with van der Waals surface area (Å²) in [6, 6.07) is 17.6. The van der Waals surface area contributed by atoms with Crippen LogP contribution in [0.15, 0.2) is 72.9 Å². The molecule has 0 atom stereocenters. The number of carbonyl (C=O) groups excluding carboxylic acids is 2. The molecule has 0 aromatic heterocycles. The van der Waals surface area contributed by atoms with Crippen LogP contribution in [0.3, 0.4) is 0 Å². The van der Waals surface area contributed by atoms with E-state index >= 15 is 0 Å². The van der Waals surface area contributed by atoms with E-state index < -0.39 is 6.09 Å². The fourth-order valence-electron chi connectivity index (χ4n) is 1.60. The van der Waals surface area contributed by atoms with Crippen LogP contribution in [0.2, 0.25) is 0 Å². The molecule has 0 saturated heterocycles. The molecule has 2 aromatic carbocycles. The highest BCUT2D eigenvalue weighted by atomic mass is 16.6. The highest BCUT2D eigenvalue weighted by molar-refractivity contribution is 6.04. The van der Waals surface area contributed by atoms with Crippen LogP contribution in [0, 0.1) is 0 Å². The van der Waals surface area contributed by atoms with Gasteiger partial charge < -0.3 is 4.74 Å². The lowest BCUT2D eigenvalue weighted by molar-refractivity contribution is 0.104. The Balaban J connectivity index is 1.94. The number of ether oxygens (including phenoxy) is 1. The monoisotopic (exact) mass is 281 g/mol. The summed E-state index contributed by atoms with van der Waals surface area (Å²) in [6.07, 6.45) is 2.17. The average molecular weight is 281 g/mol. The van der Waals surface area contributed by atoms with Gasteiger partial charge in [-0.3, -0.25) is 9.69 Å². The second-order valence-electron chi connectivity index (χ2n) is 4.34. The van der Waals surface area contributed by atoms with E-state index in [1.54, 1.807) is 48.5 Å². The van der Waals surface area contributed by atoms with Gasteiger partial charge in [0.1, 0.15) is 5.75 Å². The third-order valence-electron chi connectivity index (χ3n) is 2.74. The zero-order valence-electron chi connectivity index (χ0n) is 11.6. The van der Waals surface area contributed by atoms with Gasteiger partial charge in [-0.15, -0.1) is 0 Å². The fourth-order valence-corrected chi connectivity index (χ4v) is 1.60. The molecule has 106 valence electrons. The molecule has 0 heterocycles. The number of rotatable bonds is 4. The van der Waals surface area contributed by atoms with Crippen LogP contribution < -0.4 is 4.74 Å². The van der Waals surface area contributed by atoms with E-state index in [4.69, 9.17) is 4.74 Å². The molecule has 4 nitrogen and oxygen atoms in total. The quantitative estimate of drug-likeness (QED) is 0.636. The zero-order valence-corrected chi connectivity index (χ0v) is 11.6. The molecule has 0 fully saturated rings. The van der Waals surface area contributed by atoms with Gasteiger partial charge in [-0.25, -0.2) is 4.79 Å². The minimum Gasteiger partial charge on any atom is -0.410 e. The molecule has 1 amide bonds. The number of benzene rings is 2. The Bertz CT molecular complexity index is 636. The van der Waals surface area contributed by atoms with E-state index in [0.29, 0.717) is 11.3 Å². The highest BCUT2D eigenvalue weighted by Gasteiger charge is 2.09. The second-order valence-corrected chi connectivity index (χ2v) is 4.34. The van der Waals surface area contributed by atoms with Crippen molar-refractivity contribution in [3.05, 3.63) is 78.5 Å². The molecular weight excluding hydrogens is 266 g/mol. The first-order valence-electron chi connectivity index (χ1n) is 6.44. The number of allylic oxidation sites excluding steroid dienone is 1. The van der Waals surface area contributed by atoms with Crippen LogP contribution >= 0.6 is 0 Å². The minimum atomic E-state index is -0.557. The van der Waals surface area contributed by atoms with E-state index in [2.05, 4.69) is 0 Å². The molecule has 0 aliphatic heterocycles. The van der Waals surface area contributed by atoms with Crippen molar-refractivity contribution in [2.75, 3.05) is 7.05 Å². The SMILES string of the molecule is CN(C=CC(=O)c1ccccc1)C(=O)Oc1ccccc1. The fraction of sp³-hybridized carbons (Fsp3) is 0.0588. The molecule has 2 aromatic rings. The molecule has 21 heavy (non-hydrogen) atoms. The largest absolute Gasteiger partial charge is 0.419 e. The number of hydrogen-bond donors (Lipinski definition) is 0. The van der Waals surface area contributed by atoms with Crippen molar-refractivity contribution >= 4 is 11.9 Å². The Labute approximate surface area is 123 Å². The summed E-state index contributed by atoms with van der Waals surface area (Å²) >= 11 is 0. The summed E-state index contributed by atoms with van der Waals surface area (Å²) in [5.74, 6) is 0.284.